The van der Waals surface area contributed by atoms with Gasteiger partial charge in [-0.05, 0) is 41.5 Å². The molecule has 20 heavy (non-hydrogen) atoms. The van der Waals surface area contributed by atoms with Crippen LogP contribution in [0.2, 0.25) is 0 Å². The fourth-order valence-electron chi connectivity index (χ4n) is 3.44. The molecule has 1 aromatic heterocycles. The van der Waals surface area contributed by atoms with E-state index in [1.165, 1.54) is 48.8 Å². The highest BCUT2D eigenvalue weighted by molar-refractivity contribution is 5.80. The van der Waals surface area contributed by atoms with Crippen LogP contribution in [0.3, 0.4) is 0 Å². The third kappa shape index (κ3) is 2.48. The van der Waals surface area contributed by atoms with E-state index >= 15 is 0 Å². The molecule has 2 N–H and O–H groups in total. The highest BCUT2D eigenvalue weighted by Crippen LogP contribution is 2.40. The van der Waals surface area contributed by atoms with Gasteiger partial charge >= 0.3 is 0 Å². The number of nitrogens with zero attached hydrogens (tertiary/aromatic N) is 1. The Labute approximate surface area is 120 Å². The number of rotatable bonds is 4. The average Bonchev–Trinajstić information content (AvgIpc) is 3.20. The highest BCUT2D eigenvalue weighted by Gasteiger charge is 2.30. The van der Waals surface area contributed by atoms with Crippen LogP contribution in [-0.2, 0) is 0 Å². The lowest BCUT2D eigenvalue weighted by Gasteiger charge is -2.35. The van der Waals surface area contributed by atoms with E-state index in [2.05, 4.69) is 39.5 Å². The topological polar surface area (TPSA) is 31.1 Å². The Morgan fingerprint density at radius 1 is 1.15 bits per heavy atom. The van der Waals surface area contributed by atoms with Crippen LogP contribution in [0.1, 0.15) is 30.9 Å². The zero-order valence-electron chi connectivity index (χ0n) is 11.9. The zero-order chi connectivity index (χ0) is 13.4. The maximum Gasteiger partial charge on any atom is 0.0454 e. The summed E-state index contributed by atoms with van der Waals surface area (Å²) in [5.74, 6) is 0.969. The van der Waals surface area contributed by atoms with Gasteiger partial charge < -0.3 is 10.3 Å². The molecule has 1 aliphatic carbocycles. The summed E-state index contributed by atoms with van der Waals surface area (Å²) in [5, 5.41) is 4.81. The van der Waals surface area contributed by atoms with Gasteiger partial charge in [-0.15, -0.1) is 0 Å². The summed E-state index contributed by atoms with van der Waals surface area (Å²) in [7, 11) is 0. The SMILES string of the molecule is c1cc2cc([C@H](CC3CC3)N3CCNCC3)ccc2[nH]1. The second kappa shape index (κ2) is 5.23. The quantitative estimate of drug-likeness (QED) is 0.894. The lowest BCUT2D eigenvalue weighted by molar-refractivity contribution is 0.160. The monoisotopic (exact) mass is 269 g/mol. The predicted octanol–water partition coefficient (Wildman–Crippen LogP) is 2.91. The number of hydrogen-bond acceptors (Lipinski definition) is 2. The smallest absolute Gasteiger partial charge is 0.0454 e. The lowest BCUT2D eigenvalue weighted by atomic mass is 9.97. The van der Waals surface area contributed by atoms with E-state index in [0.29, 0.717) is 6.04 Å². The van der Waals surface area contributed by atoms with Crippen molar-refractivity contribution in [1.29, 1.82) is 0 Å². The van der Waals surface area contributed by atoms with Gasteiger partial charge in [-0.25, -0.2) is 0 Å². The standard InChI is InChI=1S/C17H23N3/c1-2-13(1)11-17(20-9-7-18-8-10-20)15-3-4-16-14(12-15)5-6-19-16/h3-6,12-13,17-19H,1-2,7-11H2/t17-/m0/s1. The van der Waals surface area contributed by atoms with Crippen molar-refractivity contribution in [2.45, 2.75) is 25.3 Å². The van der Waals surface area contributed by atoms with Crippen LogP contribution >= 0.6 is 0 Å². The molecule has 4 rings (SSSR count). The molecule has 3 nitrogen and oxygen atoms in total. The van der Waals surface area contributed by atoms with Gasteiger partial charge in [-0.1, -0.05) is 18.9 Å². The normalized spacial score (nSPS) is 22.2. The number of hydrogen-bond donors (Lipinski definition) is 2. The molecular weight excluding hydrogens is 246 g/mol. The number of aromatic nitrogens is 1. The van der Waals surface area contributed by atoms with E-state index in [0.717, 1.165) is 19.0 Å². The number of H-pyrrole nitrogens is 1. The fraction of sp³-hybridized carbons (Fsp3) is 0.529. The summed E-state index contributed by atoms with van der Waals surface area (Å²) in [6.45, 7) is 4.63. The van der Waals surface area contributed by atoms with Gasteiger partial charge in [0, 0.05) is 43.9 Å². The van der Waals surface area contributed by atoms with Crippen LogP contribution in [-0.4, -0.2) is 36.1 Å². The second-order valence-corrected chi connectivity index (χ2v) is 6.31. The molecule has 0 bridgehead atoms. The molecular formula is C17H23N3. The van der Waals surface area contributed by atoms with E-state index in [4.69, 9.17) is 0 Å². The molecule has 0 amide bonds. The first-order valence-electron chi connectivity index (χ1n) is 7.92. The van der Waals surface area contributed by atoms with Crippen molar-refractivity contribution in [3.8, 4) is 0 Å². The number of fused-ring (bicyclic) bond motifs is 1. The van der Waals surface area contributed by atoms with Crippen molar-refractivity contribution in [2.75, 3.05) is 26.2 Å². The Balaban J connectivity index is 1.64. The minimum Gasteiger partial charge on any atom is -0.361 e. The summed E-state index contributed by atoms with van der Waals surface area (Å²) < 4.78 is 0. The van der Waals surface area contributed by atoms with Crippen molar-refractivity contribution in [3.05, 3.63) is 36.0 Å². The average molecular weight is 269 g/mol. The molecule has 1 atom stereocenters. The molecule has 2 heterocycles. The van der Waals surface area contributed by atoms with E-state index in [1.54, 1.807) is 0 Å². The Morgan fingerprint density at radius 2 is 2.00 bits per heavy atom. The molecule has 1 aromatic carbocycles. The molecule has 1 saturated carbocycles. The Bertz CT molecular complexity index is 579. The molecule has 2 aromatic rings. The Hall–Kier alpha value is -1.32. The molecule has 3 heteroatoms. The molecule has 1 saturated heterocycles. The van der Waals surface area contributed by atoms with Crippen molar-refractivity contribution >= 4 is 10.9 Å². The van der Waals surface area contributed by atoms with Gasteiger partial charge in [0.15, 0.2) is 0 Å². The van der Waals surface area contributed by atoms with Crippen LogP contribution in [0.4, 0.5) is 0 Å². The predicted molar refractivity (Wildman–Crippen MR) is 82.8 cm³/mol. The lowest BCUT2D eigenvalue weighted by Crippen LogP contribution is -2.45. The molecule has 0 unspecified atom stereocenters. The van der Waals surface area contributed by atoms with Crippen LogP contribution in [0, 0.1) is 5.92 Å². The maximum atomic E-state index is 3.47. The van der Waals surface area contributed by atoms with Gasteiger partial charge in [0.05, 0.1) is 0 Å². The largest absolute Gasteiger partial charge is 0.361 e. The van der Waals surface area contributed by atoms with E-state index < -0.39 is 0 Å². The number of nitrogens with one attached hydrogen (secondary N) is 2. The van der Waals surface area contributed by atoms with Crippen molar-refractivity contribution < 1.29 is 0 Å². The van der Waals surface area contributed by atoms with E-state index in [1.807, 2.05) is 6.20 Å². The molecule has 2 aliphatic rings. The molecule has 106 valence electrons. The molecule has 1 aliphatic heterocycles. The van der Waals surface area contributed by atoms with Crippen LogP contribution in [0.25, 0.3) is 10.9 Å². The summed E-state index contributed by atoms with van der Waals surface area (Å²) in [6.07, 6.45) is 6.26. The first-order valence-corrected chi connectivity index (χ1v) is 7.92. The van der Waals surface area contributed by atoms with E-state index in [-0.39, 0.29) is 0 Å². The second-order valence-electron chi connectivity index (χ2n) is 6.31. The molecule has 0 spiro atoms. The van der Waals surface area contributed by atoms with E-state index in [9.17, 15) is 0 Å². The van der Waals surface area contributed by atoms with Gasteiger partial charge in [-0.3, -0.25) is 4.90 Å². The number of piperazine rings is 1. The third-order valence-corrected chi connectivity index (χ3v) is 4.81. The molecule has 2 fully saturated rings. The van der Waals surface area contributed by atoms with Gasteiger partial charge in [0.1, 0.15) is 0 Å². The zero-order valence-corrected chi connectivity index (χ0v) is 11.9. The summed E-state index contributed by atoms with van der Waals surface area (Å²) in [6, 6.07) is 9.76. The minimum absolute atomic E-state index is 0.615. The van der Waals surface area contributed by atoms with Crippen LogP contribution < -0.4 is 5.32 Å². The Morgan fingerprint density at radius 3 is 2.80 bits per heavy atom. The highest BCUT2D eigenvalue weighted by atomic mass is 15.2. The summed E-state index contributed by atoms with van der Waals surface area (Å²) in [5.41, 5.74) is 2.75. The summed E-state index contributed by atoms with van der Waals surface area (Å²) >= 11 is 0. The first-order chi connectivity index (χ1) is 9.90. The van der Waals surface area contributed by atoms with Crippen molar-refractivity contribution in [3.63, 3.8) is 0 Å². The van der Waals surface area contributed by atoms with Crippen molar-refractivity contribution in [1.82, 2.24) is 15.2 Å². The van der Waals surface area contributed by atoms with Gasteiger partial charge in [0.2, 0.25) is 0 Å². The fourth-order valence-corrected chi connectivity index (χ4v) is 3.44. The third-order valence-electron chi connectivity index (χ3n) is 4.81. The first kappa shape index (κ1) is 12.4. The van der Waals surface area contributed by atoms with Crippen molar-refractivity contribution in [2.24, 2.45) is 5.92 Å². The van der Waals surface area contributed by atoms with Gasteiger partial charge in [-0.2, -0.15) is 0 Å². The maximum absolute atomic E-state index is 3.47. The van der Waals surface area contributed by atoms with Crippen LogP contribution in [0.5, 0.6) is 0 Å². The minimum atomic E-state index is 0.615. The van der Waals surface area contributed by atoms with Gasteiger partial charge in [0.25, 0.3) is 0 Å². The number of aromatic amines is 1. The Kier molecular flexibility index (Phi) is 3.25. The molecule has 0 radical (unpaired) electrons. The van der Waals surface area contributed by atoms with Crippen LogP contribution in [0.15, 0.2) is 30.5 Å². The number of benzene rings is 1. The summed E-state index contributed by atoms with van der Waals surface area (Å²) in [4.78, 5) is 5.98.